The number of phenolic OH excluding ortho intramolecular Hbond substituents is 1. The summed E-state index contributed by atoms with van der Waals surface area (Å²) in [5.41, 5.74) is 0.801. The van der Waals surface area contributed by atoms with E-state index < -0.39 is 0 Å². The molecule has 0 aromatic heterocycles. The lowest BCUT2D eigenvalue weighted by Gasteiger charge is -1.92. The van der Waals surface area contributed by atoms with E-state index in [-0.39, 0.29) is 5.75 Å². The Balaban J connectivity index is 3.17. The highest BCUT2D eigenvalue weighted by Gasteiger charge is 1.98. The maximum atomic E-state index is 8.85. The number of aromatic hydroxyl groups is 1. The standard InChI is InChI=1S/C7H8O2/c1-5-4-6(8)2-3-7(5)9/h2-4,8-9H,1H3/p+1. The smallest absolute Gasteiger partial charge is 0.257 e. The lowest BCUT2D eigenvalue weighted by atomic mass is 10.2. The van der Waals surface area contributed by atoms with Crippen molar-refractivity contribution in [2.45, 2.75) is 6.92 Å². The van der Waals surface area contributed by atoms with Crippen LogP contribution in [-0.4, -0.2) is 10.2 Å². The molecule has 0 spiro atoms. The van der Waals surface area contributed by atoms with Crippen molar-refractivity contribution in [2.75, 3.05) is 0 Å². The van der Waals surface area contributed by atoms with E-state index in [1.807, 2.05) is 0 Å². The average Bonchev–Trinajstić information content (AvgIpc) is 1.80. The van der Waals surface area contributed by atoms with E-state index in [2.05, 4.69) is 0 Å². The van der Waals surface area contributed by atoms with Crippen LogP contribution in [0.15, 0.2) is 18.2 Å². The summed E-state index contributed by atoms with van der Waals surface area (Å²) in [7, 11) is 0. The topological polar surface area (TPSA) is 43.1 Å². The molecule has 0 heterocycles. The SMILES string of the molecule is Cc1cc(O)ccc1[OH2+]. The van der Waals surface area contributed by atoms with Gasteiger partial charge in [0, 0.05) is 11.6 Å². The predicted octanol–water partition coefficient (Wildman–Crippen LogP) is 1.14. The van der Waals surface area contributed by atoms with Crippen molar-refractivity contribution in [3.05, 3.63) is 23.8 Å². The van der Waals surface area contributed by atoms with Crippen LogP contribution in [0.4, 0.5) is 0 Å². The molecule has 3 N–H and O–H groups in total. The largest absolute Gasteiger partial charge is 0.593 e. The minimum atomic E-state index is 0.225. The maximum absolute atomic E-state index is 8.85. The van der Waals surface area contributed by atoms with Crippen LogP contribution in [0, 0.1) is 6.92 Å². The Kier molecular flexibility index (Phi) is 1.30. The molecule has 2 heteroatoms. The van der Waals surface area contributed by atoms with E-state index in [1.165, 1.54) is 6.07 Å². The summed E-state index contributed by atoms with van der Waals surface area (Å²) in [4.78, 5) is 0. The fourth-order valence-corrected chi connectivity index (χ4v) is 0.648. The van der Waals surface area contributed by atoms with Gasteiger partial charge >= 0.3 is 0 Å². The molecule has 0 fully saturated rings. The Hall–Kier alpha value is -1.18. The zero-order chi connectivity index (χ0) is 6.85. The highest BCUT2D eigenvalue weighted by Crippen LogP contribution is 2.19. The number of phenols is 1. The lowest BCUT2D eigenvalue weighted by Crippen LogP contribution is -1.71. The van der Waals surface area contributed by atoms with Crippen LogP contribution in [0.2, 0.25) is 0 Å². The second kappa shape index (κ2) is 1.97. The summed E-state index contributed by atoms with van der Waals surface area (Å²) in [5, 5.41) is 16.1. The van der Waals surface area contributed by atoms with Gasteiger partial charge in [-0.2, -0.15) is 0 Å². The molecule has 2 nitrogen and oxygen atoms in total. The van der Waals surface area contributed by atoms with Gasteiger partial charge in [0.1, 0.15) is 5.75 Å². The molecule has 0 aliphatic carbocycles. The van der Waals surface area contributed by atoms with E-state index in [4.69, 9.17) is 10.2 Å². The highest BCUT2D eigenvalue weighted by molar-refractivity contribution is 5.37. The molecule has 0 bridgehead atoms. The Bertz CT molecular complexity index is 218. The first-order valence-corrected chi connectivity index (χ1v) is 2.71. The quantitative estimate of drug-likeness (QED) is 0.519. The van der Waals surface area contributed by atoms with E-state index in [0.29, 0.717) is 5.75 Å². The maximum Gasteiger partial charge on any atom is 0.257 e. The fraction of sp³-hybridized carbons (Fsp3) is 0.143. The summed E-state index contributed by atoms with van der Waals surface area (Å²) in [5.74, 6) is 0.691. The third kappa shape index (κ3) is 1.13. The molecule has 48 valence electrons. The third-order valence-corrected chi connectivity index (χ3v) is 1.21. The second-order valence-electron chi connectivity index (χ2n) is 2.00. The first-order valence-electron chi connectivity index (χ1n) is 2.71. The monoisotopic (exact) mass is 125 g/mol. The summed E-state index contributed by atoms with van der Waals surface area (Å²) >= 11 is 0. The molecule has 0 saturated heterocycles. The number of hydrogen-bond acceptors (Lipinski definition) is 1. The molecule has 0 aliphatic rings. The average molecular weight is 125 g/mol. The number of hydrogen-bond donors (Lipinski definition) is 1. The van der Waals surface area contributed by atoms with Crippen molar-refractivity contribution >= 4 is 0 Å². The van der Waals surface area contributed by atoms with Crippen molar-refractivity contribution in [1.29, 1.82) is 0 Å². The van der Waals surface area contributed by atoms with E-state index >= 15 is 0 Å². The van der Waals surface area contributed by atoms with Gasteiger partial charge in [-0.15, -0.1) is 0 Å². The highest BCUT2D eigenvalue weighted by atomic mass is 16.3. The van der Waals surface area contributed by atoms with Crippen LogP contribution in [0.25, 0.3) is 0 Å². The van der Waals surface area contributed by atoms with Gasteiger partial charge in [-0.25, -0.2) is 0 Å². The normalized spacial score (nSPS) is 9.44. The zero-order valence-electron chi connectivity index (χ0n) is 5.18. The summed E-state index contributed by atoms with van der Waals surface area (Å²) in [6, 6.07) is 4.66. The Morgan fingerprint density at radius 1 is 1.44 bits per heavy atom. The third-order valence-electron chi connectivity index (χ3n) is 1.21. The minimum Gasteiger partial charge on any atom is -0.593 e. The van der Waals surface area contributed by atoms with Crippen molar-refractivity contribution < 1.29 is 10.2 Å². The van der Waals surface area contributed by atoms with Gasteiger partial charge < -0.3 is 10.2 Å². The molecule has 0 amide bonds. The van der Waals surface area contributed by atoms with Crippen molar-refractivity contribution in [2.24, 2.45) is 0 Å². The molecule has 1 rings (SSSR count). The van der Waals surface area contributed by atoms with Gasteiger partial charge in [-0.3, -0.25) is 0 Å². The van der Waals surface area contributed by atoms with Gasteiger partial charge in [-0.1, -0.05) is 0 Å². The number of rotatable bonds is 0. The van der Waals surface area contributed by atoms with Crippen LogP contribution in [0.5, 0.6) is 11.5 Å². The molecule has 1 aromatic rings. The van der Waals surface area contributed by atoms with Crippen LogP contribution < -0.4 is 0 Å². The molecule has 0 radical (unpaired) electrons. The summed E-state index contributed by atoms with van der Waals surface area (Å²) in [6.45, 7) is 1.79. The molecule has 1 aromatic carbocycles. The predicted molar refractivity (Wildman–Crippen MR) is 35.9 cm³/mol. The molecular formula is C7H9O2+. The van der Waals surface area contributed by atoms with Gasteiger partial charge in [0.05, 0.1) is 0 Å². The summed E-state index contributed by atoms with van der Waals surface area (Å²) < 4.78 is 0. The van der Waals surface area contributed by atoms with Gasteiger partial charge in [-0.05, 0) is 19.1 Å². The first kappa shape index (κ1) is 5.95. The lowest BCUT2D eigenvalue weighted by molar-refractivity contribution is 0.456. The van der Waals surface area contributed by atoms with Crippen molar-refractivity contribution in [1.82, 2.24) is 0 Å². The molecule has 0 aliphatic heterocycles. The Morgan fingerprint density at radius 3 is 2.56 bits per heavy atom. The van der Waals surface area contributed by atoms with Crippen molar-refractivity contribution in [3.8, 4) is 11.5 Å². The van der Waals surface area contributed by atoms with Crippen LogP contribution in [0.3, 0.4) is 0 Å². The van der Waals surface area contributed by atoms with Gasteiger partial charge in [0.2, 0.25) is 0 Å². The van der Waals surface area contributed by atoms with Crippen LogP contribution in [-0.2, 0) is 0 Å². The van der Waals surface area contributed by atoms with Gasteiger partial charge in [0.25, 0.3) is 5.75 Å². The van der Waals surface area contributed by atoms with E-state index in [9.17, 15) is 0 Å². The zero-order valence-corrected chi connectivity index (χ0v) is 5.18. The second-order valence-corrected chi connectivity index (χ2v) is 2.00. The first-order chi connectivity index (χ1) is 4.20. The number of aryl methyl sites for hydroxylation is 1. The fourth-order valence-electron chi connectivity index (χ4n) is 0.648. The van der Waals surface area contributed by atoms with Crippen molar-refractivity contribution in [3.63, 3.8) is 0 Å². The summed E-state index contributed by atoms with van der Waals surface area (Å²) in [6.07, 6.45) is 0. The molecule has 0 saturated carbocycles. The Labute approximate surface area is 53.4 Å². The molecule has 0 atom stereocenters. The van der Waals surface area contributed by atoms with Crippen LogP contribution >= 0.6 is 0 Å². The molecule has 0 unspecified atom stereocenters. The van der Waals surface area contributed by atoms with Crippen LogP contribution in [0.1, 0.15) is 5.56 Å². The number of benzene rings is 1. The van der Waals surface area contributed by atoms with E-state index in [1.54, 1.807) is 19.1 Å². The molecule has 9 heavy (non-hydrogen) atoms. The Morgan fingerprint density at radius 2 is 2.11 bits per heavy atom. The molecular weight excluding hydrogens is 116 g/mol. The minimum absolute atomic E-state index is 0.225. The van der Waals surface area contributed by atoms with E-state index in [0.717, 1.165) is 5.56 Å². The van der Waals surface area contributed by atoms with Gasteiger partial charge in [0.15, 0.2) is 0 Å².